The molecule has 2 rings (SSSR count). The molecule has 2 N–H and O–H groups in total. The highest BCUT2D eigenvalue weighted by atomic mass is 32.1. The summed E-state index contributed by atoms with van der Waals surface area (Å²) in [6, 6.07) is 8.19. The zero-order chi connectivity index (χ0) is 11.4. The van der Waals surface area contributed by atoms with Crippen molar-refractivity contribution in [2.45, 2.75) is 12.8 Å². The van der Waals surface area contributed by atoms with E-state index in [1.807, 2.05) is 12.1 Å². The number of nitrogens with one attached hydrogen (secondary N) is 1. The summed E-state index contributed by atoms with van der Waals surface area (Å²) in [6.07, 6.45) is 0.870. The fourth-order valence-corrected chi connectivity index (χ4v) is 2.49. The van der Waals surface area contributed by atoms with Crippen LogP contribution in [0.4, 0.5) is 5.69 Å². The number of thiophene rings is 1. The molecule has 1 aromatic heterocycles. The highest BCUT2D eigenvalue weighted by Crippen LogP contribution is 2.29. The molecule has 3 nitrogen and oxygen atoms in total. The minimum absolute atomic E-state index is 0.217. The molecule has 0 spiro atoms. The summed E-state index contributed by atoms with van der Waals surface area (Å²) in [4.78, 5) is 10.3. The molecule has 0 saturated heterocycles. The maximum absolute atomic E-state index is 10.3. The second kappa shape index (κ2) is 4.99. The zero-order valence-corrected chi connectivity index (χ0v) is 9.59. The van der Waals surface area contributed by atoms with Gasteiger partial charge in [-0.25, -0.2) is 0 Å². The molecule has 2 aromatic rings. The standard InChI is InChI=1S/C12H13NO2S/c14-12(15)6-3-7-13-10-8-16-11-5-2-1-4-9(10)11/h1-2,4-5,8,13H,3,6-7H2,(H,14,15). The van der Waals surface area contributed by atoms with E-state index in [1.165, 1.54) is 10.1 Å². The van der Waals surface area contributed by atoms with Gasteiger partial charge in [-0.15, -0.1) is 11.3 Å². The van der Waals surface area contributed by atoms with Crippen molar-refractivity contribution in [2.75, 3.05) is 11.9 Å². The number of rotatable bonds is 5. The van der Waals surface area contributed by atoms with E-state index in [9.17, 15) is 4.79 Å². The van der Waals surface area contributed by atoms with Crippen molar-refractivity contribution >= 4 is 33.1 Å². The van der Waals surface area contributed by atoms with Crippen LogP contribution in [0.1, 0.15) is 12.8 Å². The van der Waals surface area contributed by atoms with Crippen LogP contribution in [0.15, 0.2) is 29.6 Å². The van der Waals surface area contributed by atoms with Gasteiger partial charge in [0.05, 0.1) is 5.69 Å². The number of aliphatic carboxylic acids is 1. The molecule has 0 unspecified atom stereocenters. The molecule has 0 radical (unpaired) electrons. The Hall–Kier alpha value is -1.55. The van der Waals surface area contributed by atoms with Crippen LogP contribution in [-0.2, 0) is 4.79 Å². The number of carbonyl (C=O) groups is 1. The van der Waals surface area contributed by atoms with Gasteiger partial charge in [0, 0.05) is 28.4 Å². The van der Waals surface area contributed by atoms with Gasteiger partial charge in [0.15, 0.2) is 0 Å². The van der Waals surface area contributed by atoms with E-state index in [4.69, 9.17) is 5.11 Å². The van der Waals surface area contributed by atoms with Gasteiger partial charge in [-0.05, 0) is 12.5 Å². The van der Waals surface area contributed by atoms with Gasteiger partial charge in [-0.3, -0.25) is 4.79 Å². The van der Waals surface area contributed by atoms with Crippen molar-refractivity contribution in [1.82, 2.24) is 0 Å². The molecular formula is C12H13NO2S. The maximum Gasteiger partial charge on any atom is 0.303 e. The van der Waals surface area contributed by atoms with Crippen molar-refractivity contribution < 1.29 is 9.90 Å². The third-order valence-corrected chi connectivity index (χ3v) is 3.33. The Kier molecular flexibility index (Phi) is 3.41. The second-order valence-corrected chi connectivity index (χ2v) is 4.48. The largest absolute Gasteiger partial charge is 0.481 e. The van der Waals surface area contributed by atoms with Crippen molar-refractivity contribution in [3.8, 4) is 0 Å². The van der Waals surface area contributed by atoms with Crippen molar-refractivity contribution in [3.63, 3.8) is 0 Å². The normalized spacial score (nSPS) is 10.5. The monoisotopic (exact) mass is 235 g/mol. The first kappa shape index (κ1) is 11.0. The number of hydrogen-bond acceptors (Lipinski definition) is 3. The summed E-state index contributed by atoms with van der Waals surface area (Å²) in [5, 5.41) is 15.1. The third kappa shape index (κ3) is 2.52. The van der Waals surface area contributed by atoms with Crippen LogP contribution in [0.5, 0.6) is 0 Å². The van der Waals surface area contributed by atoms with E-state index in [1.54, 1.807) is 11.3 Å². The Labute approximate surface area is 97.7 Å². The highest BCUT2D eigenvalue weighted by molar-refractivity contribution is 7.17. The summed E-state index contributed by atoms with van der Waals surface area (Å²) in [5.41, 5.74) is 1.10. The van der Waals surface area contributed by atoms with Gasteiger partial charge in [-0.2, -0.15) is 0 Å². The van der Waals surface area contributed by atoms with Gasteiger partial charge in [0.2, 0.25) is 0 Å². The van der Waals surface area contributed by atoms with Crippen LogP contribution >= 0.6 is 11.3 Å². The van der Waals surface area contributed by atoms with Crippen LogP contribution in [0.3, 0.4) is 0 Å². The van der Waals surface area contributed by atoms with Gasteiger partial charge < -0.3 is 10.4 Å². The van der Waals surface area contributed by atoms with Crippen molar-refractivity contribution in [1.29, 1.82) is 0 Å². The van der Waals surface area contributed by atoms with Gasteiger partial charge in [0.1, 0.15) is 0 Å². The summed E-state index contributed by atoms with van der Waals surface area (Å²) in [5.74, 6) is -0.739. The molecule has 0 saturated carbocycles. The molecule has 0 fully saturated rings. The molecule has 0 amide bonds. The summed E-state index contributed by atoms with van der Waals surface area (Å²) < 4.78 is 1.25. The van der Waals surface area contributed by atoms with Crippen LogP contribution in [-0.4, -0.2) is 17.6 Å². The highest BCUT2D eigenvalue weighted by Gasteiger charge is 2.02. The van der Waals surface area contributed by atoms with Gasteiger partial charge in [0.25, 0.3) is 0 Å². The van der Waals surface area contributed by atoms with Crippen molar-refractivity contribution in [2.24, 2.45) is 0 Å². The van der Waals surface area contributed by atoms with E-state index in [-0.39, 0.29) is 6.42 Å². The lowest BCUT2D eigenvalue weighted by Gasteiger charge is -2.03. The molecule has 1 heterocycles. The number of carboxylic acids is 1. The summed E-state index contributed by atoms with van der Waals surface area (Å²) in [7, 11) is 0. The predicted octanol–water partition coefficient (Wildman–Crippen LogP) is 3.18. The van der Waals surface area contributed by atoms with E-state index in [0.29, 0.717) is 13.0 Å². The molecule has 4 heteroatoms. The SMILES string of the molecule is O=C(O)CCCNc1csc2ccccc12. The molecule has 16 heavy (non-hydrogen) atoms. The molecule has 0 atom stereocenters. The molecule has 0 aliphatic heterocycles. The Bertz CT molecular complexity index is 492. The smallest absolute Gasteiger partial charge is 0.303 e. The number of hydrogen-bond donors (Lipinski definition) is 2. The summed E-state index contributed by atoms with van der Waals surface area (Å²) >= 11 is 1.70. The zero-order valence-electron chi connectivity index (χ0n) is 8.77. The topological polar surface area (TPSA) is 49.3 Å². The number of carboxylic acid groups (broad SMARTS) is 1. The number of benzene rings is 1. The van der Waals surface area contributed by atoms with E-state index >= 15 is 0 Å². The number of fused-ring (bicyclic) bond motifs is 1. The predicted molar refractivity (Wildman–Crippen MR) is 67.2 cm³/mol. The number of anilines is 1. The molecule has 0 aliphatic carbocycles. The lowest BCUT2D eigenvalue weighted by molar-refractivity contribution is -0.137. The third-order valence-electron chi connectivity index (χ3n) is 2.36. The second-order valence-electron chi connectivity index (χ2n) is 3.57. The van der Waals surface area contributed by atoms with Crippen LogP contribution < -0.4 is 5.32 Å². The average Bonchev–Trinajstić information content (AvgIpc) is 2.68. The Balaban J connectivity index is 1.97. The lowest BCUT2D eigenvalue weighted by atomic mass is 10.2. The Morgan fingerprint density at radius 3 is 3.00 bits per heavy atom. The van der Waals surface area contributed by atoms with E-state index < -0.39 is 5.97 Å². The first-order valence-electron chi connectivity index (χ1n) is 5.19. The van der Waals surface area contributed by atoms with Gasteiger partial charge >= 0.3 is 5.97 Å². The molecule has 0 aliphatic rings. The first-order valence-corrected chi connectivity index (χ1v) is 6.07. The fraction of sp³-hybridized carbons (Fsp3) is 0.250. The molecule has 1 aromatic carbocycles. The molecule has 0 bridgehead atoms. The van der Waals surface area contributed by atoms with Gasteiger partial charge in [-0.1, -0.05) is 18.2 Å². The quantitative estimate of drug-likeness (QED) is 0.782. The van der Waals surface area contributed by atoms with Crippen molar-refractivity contribution in [3.05, 3.63) is 29.6 Å². The molecule has 84 valence electrons. The molecular weight excluding hydrogens is 222 g/mol. The minimum Gasteiger partial charge on any atom is -0.481 e. The van der Waals surface area contributed by atoms with E-state index in [2.05, 4.69) is 22.8 Å². The van der Waals surface area contributed by atoms with Crippen LogP contribution in [0.25, 0.3) is 10.1 Å². The maximum atomic E-state index is 10.3. The summed E-state index contributed by atoms with van der Waals surface area (Å²) in [6.45, 7) is 0.701. The van der Waals surface area contributed by atoms with Crippen LogP contribution in [0.2, 0.25) is 0 Å². The fourth-order valence-electron chi connectivity index (χ4n) is 1.58. The average molecular weight is 235 g/mol. The van der Waals surface area contributed by atoms with E-state index in [0.717, 1.165) is 5.69 Å². The Morgan fingerprint density at radius 2 is 2.19 bits per heavy atom. The van der Waals surface area contributed by atoms with Crippen LogP contribution in [0, 0.1) is 0 Å². The lowest BCUT2D eigenvalue weighted by Crippen LogP contribution is -2.04. The Morgan fingerprint density at radius 1 is 1.38 bits per heavy atom. The minimum atomic E-state index is -0.739. The first-order chi connectivity index (χ1) is 7.77.